The van der Waals surface area contributed by atoms with Crippen molar-refractivity contribution in [1.82, 2.24) is 5.32 Å². The van der Waals surface area contributed by atoms with Crippen molar-refractivity contribution in [2.75, 3.05) is 6.54 Å². The molecule has 3 N–H and O–H groups in total. The number of benzene rings is 1. The van der Waals surface area contributed by atoms with Crippen molar-refractivity contribution in [3.05, 3.63) is 57.8 Å². The molecule has 1 atom stereocenters. The van der Waals surface area contributed by atoms with E-state index in [0.717, 1.165) is 25.7 Å². The third-order valence-electron chi connectivity index (χ3n) is 4.87. The van der Waals surface area contributed by atoms with Gasteiger partial charge >= 0.3 is 0 Å². The summed E-state index contributed by atoms with van der Waals surface area (Å²) < 4.78 is 0. The van der Waals surface area contributed by atoms with Crippen molar-refractivity contribution >= 4 is 17.2 Å². The van der Waals surface area contributed by atoms with Crippen LogP contribution < -0.4 is 10.6 Å². The smallest absolute Gasteiger partial charge is 0.276 e. The van der Waals surface area contributed by atoms with Crippen LogP contribution in [0, 0.1) is 18.3 Å². The lowest BCUT2D eigenvalue weighted by Gasteiger charge is -2.22. The number of nitrogens with two attached hydrogens (primary N) is 1. The van der Waals surface area contributed by atoms with E-state index in [-0.39, 0.29) is 11.9 Å². The minimum absolute atomic E-state index is 0.0582. The second-order valence-electron chi connectivity index (χ2n) is 6.79. The number of carbonyl (C=O) groups is 1. The van der Waals surface area contributed by atoms with Gasteiger partial charge in [-0.25, -0.2) is 0 Å². The van der Waals surface area contributed by atoms with Crippen LogP contribution in [-0.4, -0.2) is 18.0 Å². The van der Waals surface area contributed by atoms with E-state index in [1.807, 2.05) is 6.07 Å². The molecular formula is C20H24N3OS+. The minimum atomic E-state index is -0.646. The van der Waals surface area contributed by atoms with E-state index in [4.69, 9.17) is 0 Å². The summed E-state index contributed by atoms with van der Waals surface area (Å²) >= 11 is 1.70. The molecule has 1 heterocycles. The van der Waals surface area contributed by atoms with Gasteiger partial charge in [-0.05, 0) is 44.1 Å². The van der Waals surface area contributed by atoms with Crippen LogP contribution in [0.1, 0.15) is 47.7 Å². The van der Waals surface area contributed by atoms with Crippen LogP contribution in [0.15, 0.2) is 41.8 Å². The van der Waals surface area contributed by atoms with E-state index >= 15 is 0 Å². The number of nitrogens with zero attached hydrogens (tertiary/aromatic N) is 1. The first-order valence-electron chi connectivity index (χ1n) is 8.77. The fraction of sp³-hybridized carbons (Fsp3) is 0.400. The Morgan fingerprint density at radius 1 is 1.32 bits per heavy atom. The number of hydrogen-bond donors (Lipinski definition) is 2. The molecule has 3 rings (SSSR count). The molecule has 0 spiro atoms. The summed E-state index contributed by atoms with van der Waals surface area (Å²) in [5, 5.41) is 16.5. The Balaban J connectivity index is 1.68. The summed E-state index contributed by atoms with van der Waals surface area (Å²) in [5.41, 5.74) is 1.77. The first kappa shape index (κ1) is 17.7. The van der Waals surface area contributed by atoms with E-state index in [1.54, 1.807) is 11.3 Å². The number of amides is 1. The van der Waals surface area contributed by atoms with Crippen molar-refractivity contribution in [3.63, 3.8) is 0 Å². The molecule has 0 radical (unpaired) electrons. The Labute approximate surface area is 152 Å². The highest BCUT2D eigenvalue weighted by Gasteiger charge is 2.35. The highest BCUT2D eigenvalue weighted by atomic mass is 32.1. The van der Waals surface area contributed by atoms with Crippen LogP contribution in [0.2, 0.25) is 0 Å². The molecule has 1 aromatic carbocycles. The fourth-order valence-corrected chi connectivity index (χ4v) is 4.29. The molecule has 1 aliphatic carbocycles. The summed E-state index contributed by atoms with van der Waals surface area (Å²) in [6.45, 7) is 2.39. The van der Waals surface area contributed by atoms with Crippen molar-refractivity contribution in [2.45, 2.75) is 44.2 Å². The van der Waals surface area contributed by atoms with E-state index in [0.29, 0.717) is 6.54 Å². The SMILES string of the molecule is Cc1ccc([C@@H]([NH2+]CC(=O)NC2(C#N)CCCC2)c2cccs2)cc1. The van der Waals surface area contributed by atoms with Crippen molar-refractivity contribution in [2.24, 2.45) is 0 Å². The largest absolute Gasteiger partial charge is 0.333 e. The van der Waals surface area contributed by atoms with Gasteiger partial charge in [0, 0.05) is 5.56 Å². The molecule has 0 aliphatic heterocycles. The summed E-state index contributed by atoms with van der Waals surface area (Å²) in [6.07, 6.45) is 3.56. The molecule has 2 aromatic rings. The molecule has 130 valence electrons. The summed E-state index contributed by atoms with van der Waals surface area (Å²) in [7, 11) is 0. The van der Waals surface area contributed by atoms with Gasteiger partial charge in [0.05, 0.1) is 10.9 Å². The quantitative estimate of drug-likeness (QED) is 0.837. The average Bonchev–Trinajstić information content (AvgIpc) is 3.29. The Hall–Kier alpha value is -2.16. The lowest BCUT2D eigenvalue weighted by Crippen LogP contribution is -2.88. The van der Waals surface area contributed by atoms with Crippen molar-refractivity contribution in [3.8, 4) is 6.07 Å². The number of rotatable bonds is 6. The number of quaternary nitrogens is 1. The Morgan fingerprint density at radius 3 is 2.64 bits per heavy atom. The number of nitriles is 1. The van der Waals surface area contributed by atoms with Gasteiger partial charge in [-0.3, -0.25) is 4.79 Å². The van der Waals surface area contributed by atoms with Gasteiger partial charge in [0.1, 0.15) is 11.6 Å². The Bertz CT molecular complexity index is 740. The zero-order valence-electron chi connectivity index (χ0n) is 14.5. The molecule has 0 saturated heterocycles. The van der Waals surface area contributed by atoms with E-state index < -0.39 is 5.54 Å². The maximum absolute atomic E-state index is 12.4. The first-order valence-corrected chi connectivity index (χ1v) is 9.65. The maximum Gasteiger partial charge on any atom is 0.276 e. The number of carbonyl (C=O) groups excluding carboxylic acids is 1. The monoisotopic (exact) mass is 354 g/mol. The van der Waals surface area contributed by atoms with Crippen LogP contribution in [0.3, 0.4) is 0 Å². The van der Waals surface area contributed by atoms with Gasteiger partial charge in [-0.2, -0.15) is 5.26 Å². The van der Waals surface area contributed by atoms with Gasteiger partial charge < -0.3 is 10.6 Å². The lowest BCUT2D eigenvalue weighted by molar-refractivity contribution is -0.676. The molecule has 1 aromatic heterocycles. The van der Waals surface area contributed by atoms with Crippen LogP contribution in [0.4, 0.5) is 0 Å². The van der Waals surface area contributed by atoms with Gasteiger partial charge in [0.15, 0.2) is 6.54 Å². The summed E-state index contributed by atoms with van der Waals surface area (Å²) in [6, 6.07) is 15.0. The molecular weight excluding hydrogens is 330 g/mol. The van der Waals surface area contributed by atoms with Crippen LogP contribution in [0.25, 0.3) is 0 Å². The van der Waals surface area contributed by atoms with E-state index in [9.17, 15) is 10.1 Å². The molecule has 1 saturated carbocycles. The van der Waals surface area contributed by atoms with Crippen molar-refractivity contribution in [1.29, 1.82) is 5.26 Å². The zero-order chi connectivity index (χ0) is 17.7. The van der Waals surface area contributed by atoms with Gasteiger partial charge in [0.2, 0.25) is 0 Å². The number of hydrogen-bond acceptors (Lipinski definition) is 3. The van der Waals surface area contributed by atoms with Crippen LogP contribution in [-0.2, 0) is 4.79 Å². The van der Waals surface area contributed by atoms with Crippen LogP contribution in [0.5, 0.6) is 0 Å². The predicted molar refractivity (Wildman–Crippen MR) is 99.1 cm³/mol. The maximum atomic E-state index is 12.4. The first-order chi connectivity index (χ1) is 12.1. The van der Waals surface area contributed by atoms with Crippen LogP contribution >= 0.6 is 11.3 Å². The molecule has 1 amide bonds. The van der Waals surface area contributed by atoms with Crippen molar-refractivity contribution < 1.29 is 10.1 Å². The molecule has 4 nitrogen and oxygen atoms in total. The molecule has 1 fully saturated rings. The number of thiophene rings is 1. The van der Waals surface area contributed by atoms with E-state index in [2.05, 4.69) is 59.3 Å². The minimum Gasteiger partial charge on any atom is -0.333 e. The predicted octanol–water partition coefficient (Wildman–Crippen LogP) is 2.66. The molecule has 25 heavy (non-hydrogen) atoms. The zero-order valence-corrected chi connectivity index (χ0v) is 15.3. The molecule has 0 unspecified atom stereocenters. The van der Waals surface area contributed by atoms with Gasteiger partial charge in [0.25, 0.3) is 5.91 Å². The molecule has 5 heteroatoms. The third-order valence-corrected chi connectivity index (χ3v) is 5.83. The average molecular weight is 354 g/mol. The fourth-order valence-electron chi connectivity index (χ4n) is 3.44. The summed E-state index contributed by atoms with van der Waals surface area (Å²) in [5.74, 6) is -0.0582. The Morgan fingerprint density at radius 2 is 2.04 bits per heavy atom. The number of nitrogens with one attached hydrogen (secondary N) is 1. The van der Waals surface area contributed by atoms with Gasteiger partial charge in [-0.1, -0.05) is 35.9 Å². The lowest BCUT2D eigenvalue weighted by atomic mass is 10.00. The standard InChI is InChI=1S/C20H23N3OS/c1-15-6-8-16(9-7-15)19(17-5-4-12-25-17)22-13-18(24)23-20(14-21)10-2-3-11-20/h4-9,12,19,22H,2-3,10-11,13H2,1H3,(H,23,24)/p+1/t19-/m1/s1. The molecule has 0 bridgehead atoms. The second kappa shape index (κ2) is 7.81. The molecule has 1 aliphatic rings. The topological polar surface area (TPSA) is 69.5 Å². The normalized spacial score (nSPS) is 17.0. The van der Waals surface area contributed by atoms with Gasteiger partial charge in [-0.15, -0.1) is 11.3 Å². The Kier molecular flexibility index (Phi) is 5.52. The second-order valence-corrected chi connectivity index (χ2v) is 7.77. The highest BCUT2D eigenvalue weighted by molar-refractivity contribution is 7.10. The highest BCUT2D eigenvalue weighted by Crippen LogP contribution is 2.28. The number of aryl methyl sites for hydroxylation is 1. The summed E-state index contributed by atoms with van der Waals surface area (Å²) in [4.78, 5) is 13.7. The van der Waals surface area contributed by atoms with E-state index in [1.165, 1.54) is 16.0 Å². The third kappa shape index (κ3) is 4.28.